The summed E-state index contributed by atoms with van der Waals surface area (Å²) in [6.45, 7) is 6.56. The van der Waals surface area contributed by atoms with E-state index in [1.165, 1.54) is 12.0 Å². The second-order valence-corrected chi connectivity index (χ2v) is 4.83. The Kier molecular flexibility index (Phi) is 9.62. The minimum absolute atomic E-state index is 0. The molecule has 1 fully saturated rings. The highest BCUT2D eigenvalue weighted by molar-refractivity contribution is 5.85. The number of halogens is 2. The van der Waals surface area contributed by atoms with Gasteiger partial charge >= 0.3 is 0 Å². The number of rotatable bonds is 4. The van der Waals surface area contributed by atoms with Crippen LogP contribution >= 0.6 is 24.8 Å². The van der Waals surface area contributed by atoms with E-state index in [4.69, 9.17) is 5.26 Å². The Morgan fingerprint density at radius 2 is 2.00 bits per heavy atom. The Morgan fingerprint density at radius 1 is 1.30 bits per heavy atom. The van der Waals surface area contributed by atoms with Gasteiger partial charge in [-0.3, -0.25) is 4.90 Å². The van der Waals surface area contributed by atoms with E-state index in [1.807, 2.05) is 18.2 Å². The largest absolute Gasteiger partial charge is 0.314 e. The van der Waals surface area contributed by atoms with E-state index in [9.17, 15) is 0 Å². The predicted molar refractivity (Wildman–Crippen MR) is 87.7 cm³/mol. The lowest BCUT2D eigenvalue weighted by atomic mass is 9.98. The van der Waals surface area contributed by atoms with Crippen molar-refractivity contribution >= 4 is 24.8 Å². The first-order chi connectivity index (χ1) is 8.85. The molecule has 0 bridgehead atoms. The van der Waals surface area contributed by atoms with Crippen molar-refractivity contribution in [3.8, 4) is 6.07 Å². The lowest BCUT2D eigenvalue weighted by Crippen LogP contribution is -2.45. The van der Waals surface area contributed by atoms with Crippen LogP contribution in [0.1, 0.15) is 36.9 Å². The Hall–Kier alpha value is -0.790. The van der Waals surface area contributed by atoms with Crippen molar-refractivity contribution in [3.63, 3.8) is 0 Å². The van der Waals surface area contributed by atoms with Crippen LogP contribution in [0.25, 0.3) is 0 Å². The van der Waals surface area contributed by atoms with Gasteiger partial charge in [-0.25, -0.2) is 0 Å². The molecular formula is C15H23Cl2N3. The third-order valence-corrected chi connectivity index (χ3v) is 3.55. The van der Waals surface area contributed by atoms with E-state index in [-0.39, 0.29) is 24.8 Å². The summed E-state index contributed by atoms with van der Waals surface area (Å²) in [6, 6.07) is 10.8. The van der Waals surface area contributed by atoms with Gasteiger partial charge in [0.2, 0.25) is 0 Å². The van der Waals surface area contributed by atoms with Gasteiger partial charge in [-0.1, -0.05) is 25.5 Å². The molecule has 5 heteroatoms. The lowest BCUT2D eigenvalue weighted by Gasteiger charge is -2.35. The van der Waals surface area contributed by atoms with Gasteiger partial charge < -0.3 is 5.32 Å². The fraction of sp³-hybridized carbons (Fsp3) is 0.533. The molecule has 2 rings (SSSR count). The molecule has 0 saturated carbocycles. The molecule has 1 atom stereocenters. The molecule has 1 N–H and O–H groups in total. The maximum absolute atomic E-state index is 9.01. The molecule has 20 heavy (non-hydrogen) atoms. The summed E-state index contributed by atoms with van der Waals surface area (Å²) in [7, 11) is 0. The molecule has 0 spiro atoms. The molecule has 1 saturated heterocycles. The Morgan fingerprint density at radius 3 is 2.60 bits per heavy atom. The minimum atomic E-state index is 0. The number of nitrogens with one attached hydrogen (secondary N) is 1. The zero-order valence-electron chi connectivity index (χ0n) is 11.8. The van der Waals surface area contributed by atoms with Crippen LogP contribution in [-0.4, -0.2) is 31.1 Å². The first-order valence-electron chi connectivity index (χ1n) is 6.80. The summed E-state index contributed by atoms with van der Waals surface area (Å²) < 4.78 is 0. The van der Waals surface area contributed by atoms with Crippen molar-refractivity contribution in [2.24, 2.45) is 0 Å². The zero-order chi connectivity index (χ0) is 12.8. The van der Waals surface area contributed by atoms with Gasteiger partial charge in [0.25, 0.3) is 0 Å². The van der Waals surface area contributed by atoms with E-state index in [0.29, 0.717) is 6.04 Å². The normalized spacial score (nSPS) is 16.4. The number of piperazine rings is 1. The first kappa shape index (κ1) is 19.2. The molecule has 112 valence electrons. The molecule has 0 unspecified atom stereocenters. The van der Waals surface area contributed by atoms with Crippen LogP contribution in [0.5, 0.6) is 0 Å². The van der Waals surface area contributed by atoms with Crippen LogP contribution in [0.3, 0.4) is 0 Å². The molecule has 0 aliphatic carbocycles. The van der Waals surface area contributed by atoms with E-state index >= 15 is 0 Å². The summed E-state index contributed by atoms with van der Waals surface area (Å²) in [5.74, 6) is 0. The van der Waals surface area contributed by atoms with Crippen molar-refractivity contribution in [2.75, 3.05) is 26.2 Å². The topological polar surface area (TPSA) is 39.1 Å². The summed E-state index contributed by atoms with van der Waals surface area (Å²) in [5, 5.41) is 12.4. The molecule has 3 nitrogen and oxygen atoms in total. The summed E-state index contributed by atoms with van der Waals surface area (Å²) >= 11 is 0. The molecule has 1 aliphatic rings. The fourth-order valence-electron chi connectivity index (χ4n) is 2.64. The lowest BCUT2D eigenvalue weighted by molar-refractivity contribution is 0.164. The summed E-state index contributed by atoms with van der Waals surface area (Å²) in [4.78, 5) is 2.54. The van der Waals surface area contributed by atoms with E-state index in [2.05, 4.69) is 29.3 Å². The Balaban J connectivity index is 0.00000180. The van der Waals surface area contributed by atoms with Crippen LogP contribution in [0, 0.1) is 11.3 Å². The van der Waals surface area contributed by atoms with Gasteiger partial charge in [0.15, 0.2) is 0 Å². The van der Waals surface area contributed by atoms with Crippen molar-refractivity contribution in [3.05, 3.63) is 35.4 Å². The standard InChI is InChI=1S/C15H21N3.2ClH/c1-2-4-15(18-9-7-17-8-10-18)14-6-3-5-13(11-14)12-16;;/h3,5-6,11,15,17H,2,4,7-10H2,1H3;2*1H/t15-;;/m1../s1. The predicted octanol–water partition coefficient (Wildman–Crippen LogP) is 3.15. The van der Waals surface area contributed by atoms with E-state index < -0.39 is 0 Å². The SMILES string of the molecule is CCC[C@H](c1cccc(C#N)c1)N1CCNCC1.Cl.Cl. The van der Waals surface area contributed by atoms with Crippen molar-refractivity contribution in [1.82, 2.24) is 10.2 Å². The molecule has 0 aromatic heterocycles. The molecule has 1 aliphatic heterocycles. The maximum Gasteiger partial charge on any atom is 0.0991 e. The number of hydrogen-bond acceptors (Lipinski definition) is 3. The van der Waals surface area contributed by atoms with Crippen molar-refractivity contribution < 1.29 is 0 Å². The van der Waals surface area contributed by atoms with Crippen LogP contribution in [0.2, 0.25) is 0 Å². The van der Waals surface area contributed by atoms with Gasteiger partial charge in [-0.2, -0.15) is 5.26 Å². The second-order valence-electron chi connectivity index (χ2n) is 4.83. The van der Waals surface area contributed by atoms with Crippen LogP contribution in [0.15, 0.2) is 24.3 Å². The molecule has 0 radical (unpaired) electrons. The van der Waals surface area contributed by atoms with Gasteiger partial charge in [0, 0.05) is 32.2 Å². The molecule has 0 amide bonds. The minimum Gasteiger partial charge on any atom is -0.314 e. The molecule has 1 aromatic carbocycles. The average Bonchev–Trinajstić information content (AvgIpc) is 2.46. The van der Waals surface area contributed by atoms with Gasteiger partial charge in [-0.15, -0.1) is 24.8 Å². The van der Waals surface area contributed by atoms with Gasteiger partial charge in [0.1, 0.15) is 0 Å². The Labute approximate surface area is 134 Å². The second kappa shape index (κ2) is 10.0. The zero-order valence-corrected chi connectivity index (χ0v) is 13.5. The van der Waals surface area contributed by atoms with Crippen molar-refractivity contribution in [1.29, 1.82) is 5.26 Å². The van der Waals surface area contributed by atoms with Crippen LogP contribution in [-0.2, 0) is 0 Å². The maximum atomic E-state index is 9.01. The first-order valence-corrected chi connectivity index (χ1v) is 6.80. The third-order valence-electron chi connectivity index (χ3n) is 3.55. The number of nitriles is 1. The van der Waals surface area contributed by atoms with E-state index in [1.54, 1.807) is 0 Å². The molecule has 1 heterocycles. The molecule has 1 aromatic rings. The average molecular weight is 316 g/mol. The number of nitrogens with zero attached hydrogens (tertiary/aromatic N) is 2. The fourth-order valence-corrected chi connectivity index (χ4v) is 2.64. The molecular weight excluding hydrogens is 293 g/mol. The van der Waals surface area contributed by atoms with Gasteiger partial charge in [-0.05, 0) is 24.1 Å². The smallest absolute Gasteiger partial charge is 0.0991 e. The highest BCUT2D eigenvalue weighted by atomic mass is 35.5. The van der Waals surface area contributed by atoms with Gasteiger partial charge in [0.05, 0.1) is 11.6 Å². The monoisotopic (exact) mass is 315 g/mol. The summed E-state index contributed by atoms with van der Waals surface area (Å²) in [5.41, 5.74) is 2.06. The highest BCUT2D eigenvalue weighted by Crippen LogP contribution is 2.26. The number of hydrogen-bond donors (Lipinski definition) is 1. The number of benzene rings is 1. The van der Waals surface area contributed by atoms with Crippen molar-refractivity contribution in [2.45, 2.75) is 25.8 Å². The third kappa shape index (κ3) is 4.96. The highest BCUT2D eigenvalue weighted by Gasteiger charge is 2.21. The van der Waals surface area contributed by atoms with E-state index in [0.717, 1.165) is 38.2 Å². The van der Waals surface area contributed by atoms with Crippen LogP contribution in [0.4, 0.5) is 0 Å². The summed E-state index contributed by atoms with van der Waals surface area (Å²) in [6.07, 6.45) is 2.33. The quantitative estimate of drug-likeness (QED) is 0.927. The van der Waals surface area contributed by atoms with Crippen LogP contribution < -0.4 is 5.32 Å². The Bertz CT molecular complexity index is 425.